The number of hydrogen-bond donors (Lipinski definition) is 0. The molecule has 0 saturated heterocycles. The summed E-state index contributed by atoms with van der Waals surface area (Å²) in [7, 11) is 0. The van der Waals surface area contributed by atoms with Gasteiger partial charge < -0.3 is 0 Å². The van der Waals surface area contributed by atoms with Crippen LogP contribution >= 0.6 is 0 Å². The lowest BCUT2D eigenvalue weighted by molar-refractivity contribution is 0.670. The van der Waals surface area contributed by atoms with Crippen LogP contribution < -0.4 is 0 Å². The number of rotatable bonds is 0. The third-order valence-corrected chi connectivity index (χ3v) is 1.84. The van der Waals surface area contributed by atoms with E-state index in [0.29, 0.717) is 0 Å². The van der Waals surface area contributed by atoms with Crippen LogP contribution in [0.5, 0.6) is 0 Å². The molecule has 1 rings (SSSR count). The van der Waals surface area contributed by atoms with Crippen molar-refractivity contribution in [3.8, 4) is 0 Å². The fraction of sp³-hybridized carbons (Fsp3) is 0.714. The Labute approximate surface area is 45.2 Å². The van der Waals surface area contributed by atoms with Gasteiger partial charge in [0.1, 0.15) is 0 Å². The Kier molecular flexibility index (Phi) is 1.18. The van der Waals surface area contributed by atoms with E-state index in [4.69, 9.17) is 0 Å². The van der Waals surface area contributed by atoms with Crippen molar-refractivity contribution in [3.63, 3.8) is 0 Å². The fourth-order valence-corrected chi connectivity index (χ4v) is 0.990. The van der Waals surface area contributed by atoms with E-state index in [-0.39, 0.29) is 0 Å². The van der Waals surface area contributed by atoms with Crippen LogP contribution in [0.25, 0.3) is 0 Å². The van der Waals surface area contributed by atoms with E-state index in [2.05, 4.69) is 19.9 Å². The monoisotopic (exact) mass is 96.1 g/mol. The summed E-state index contributed by atoms with van der Waals surface area (Å²) in [6, 6.07) is 0. The lowest BCUT2D eigenvalue weighted by Gasteiger charge is -1.98. The fourth-order valence-electron chi connectivity index (χ4n) is 0.990. The van der Waals surface area contributed by atoms with Gasteiger partial charge in [0, 0.05) is 0 Å². The molecule has 1 aliphatic rings. The molecule has 0 radical (unpaired) electrons. The molecule has 0 heteroatoms. The van der Waals surface area contributed by atoms with Crippen molar-refractivity contribution in [2.45, 2.75) is 26.7 Å². The molecule has 0 heterocycles. The van der Waals surface area contributed by atoms with Crippen LogP contribution in [-0.2, 0) is 0 Å². The molecular formula is C7H12. The second kappa shape index (κ2) is 1.69. The minimum Gasteiger partial charge on any atom is -0.0853 e. The Hall–Kier alpha value is -0.260. The molecule has 0 unspecified atom stereocenters. The summed E-state index contributed by atoms with van der Waals surface area (Å²) in [4.78, 5) is 0. The van der Waals surface area contributed by atoms with Gasteiger partial charge in [-0.1, -0.05) is 18.6 Å². The van der Waals surface area contributed by atoms with E-state index < -0.39 is 0 Å². The van der Waals surface area contributed by atoms with E-state index in [1.165, 1.54) is 12.8 Å². The SMILES string of the molecule is CC1=CCC[C@@H]1C. The first-order chi connectivity index (χ1) is 3.30. The van der Waals surface area contributed by atoms with Crippen molar-refractivity contribution in [2.75, 3.05) is 0 Å². The molecule has 40 valence electrons. The third-order valence-electron chi connectivity index (χ3n) is 1.84. The normalized spacial score (nSPS) is 30.6. The Morgan fingerprint density at radius 3 is 2.57 bits per heavy atom. The first kappa shape index (κ1) is 4.89. The molecule has 1 aliphatic carbocycles. The van der Waals surface area contributed by atoms with Crippen molar-refractivity contribution in [2.24, 2.45) is 5.92 Å². The van der Waals surface area contributed by atoms with E-state index in [0.717, 1.165) is 5.92 Å². The van der Waals surface area contributed by atoms with Crippen LogP contribution in [0.15, 0.2) is 11.6 Å². The third kappa shape index (κ3) is 0.846. The summed E-state index contributed by atoms with van der Waals surface area (Å²) < 4.78 is 0. The molecular weight excluding hydrogens is 84.1 g/mol. The summed E-state index contributed by atoms with van der Waals surface area (Å²) in [5, 5.41) is 0. The van der Waals surface area contributed by atoms with E-state index >= 15 is 0 Å². The van der Waals surface area contributed by atoms with Gasteiger partial charge in [-0.3, -0.25) is 0 Å². The second-order valence-electron chi connectivity index (χ2n) is 2.43. The second-order valence-corrected chi connectivity index (χ2v) is 2.43. The molecule has 0 aromatic carbocycles. The maximum atomic E-state index is 2.34. The molecule has 0 saturated carbocycles. The van der Waals surface area contributed by atoms with Crippen molar-refractivity contribution < 1.29 is 0 Å². The lowest BCUT2D eigenvalue weighted by Crippen LogP contribution is -1.85. The van der Waals surface area contributed by atoms with Gasteiger partial charge in [-0.25, -0.2) is 0 Å². The van der Waals surface area contributed by atoms with E-state index in [9.17, 15) is 0 Å². The summed E-state index contributed by atoms with van der Waals surface area (Å²) in [5.41, 5.74) is 1.58. The van der Waals surface area contributed by atoms with Gasteiger partial charge in [0.25, 0.3) is 0 Å². The van der Waals surface area contributed by atoms with Crippen molar-refractivity contribution in [3.05, 3.63) is 11.6 Å². The van der Waals surface area contributed by atoms with Crippen LogP contribution in [-0.4, -0.2) is 0 Å². The smallest absolute Gasteiger partial charge is 0.0231 e. The summed E-state index contributed by atoms with van der Waals surface area (Å²) >= 11 is 0. The maximum Gasteiger partial charge on any atom is -0.0231 e. The van der Waals surface area contributed by atoms with Crippen LogP contribution in [0.1, 0.15) is 26.7 Å². The zero-order valence-electron chi connectivity index (χ0n) is 5.07. The van der Waals surface area contributed by atoms with E-state index in [1.807, 2.05) is 0 Å². The molecule has 0 aromatic rings. The molecule has 0 N–H and O–H groups in total. The summed E-state index contributed by atoms with van der Waals surface area (Å²) in [6.07, 6.45) is 5.03. The summed E-state index contributed by atoms with van der Waals surface area (Å²) in [5.74, 6) is 0.875. The minimum atomic E-state index is 0.875. The van der Waals surface area contributed by atoms with Crippen LogP contribution in [0.3, 0.4) is 0 Å². The van der Waals surface area contributed by atoms with Gasteiger partial charge in [0.15, 0.2) is 0 Å². The zero-order valence-corrected chi connectivity index (χ0v) is 5.07. The van der Waals surface area contributed by atoms with Crippen LogP contribution in [0.4, 0.5) is 0 Å². The van der Waals surface area contributed by atoms with Crippen LogP contribution in [0, 0.1) is 5.92 Å². The minimum absolute atomic E-state index is 0.875. The van der Waals surface area contributed by atoms with Gasteiger partial charge in [-0.15, -0.1) is 0 Å². The van der Waals surface area contributed by atoms with E-state index in [1.54, 1.807) is 5.57 Å². The Bertz CT molecular complexity index is 90.2. The highest BCUT2D eigenvalue weighted by Gasteiger charge is 2.07. The number of hydrogen-bond acceptors (Lipinski definition) is 0. The Balaban J connectivity index is 2.54. The Morgan fingerprint density at radius 2 is 2.43 bits per heavy atom. The van der Waals surface area contributed by atoms with Gasteiger partial charge in [0.2, 0.25) is 0 Å². The van der Waals surface area contributed by atoms with Crippen molar-refractivity contribution >= 4 is 0 Å². The van der Waals surface area contributed by atoms with Gasteiger partial charge in [0.05, 0.1) is 0 Å². The van der Waals surface area contributed by atoms with Gasteiger partial charge >= 0.3 is 0 Å². The molecule has 0 bridgehead atoms. The average molecular weight is 96.2 g/mol. The maximum absolute atomic E-state index is 2.34. The predicted octanol–water partition coefficient (Wildman–Crippen LogP) is 2.36. The van der Waals surface area contributed by atoms with Crippen LogP contribution in [0.2, 0.25) is 0 Å². The standard InChI is InChI=1S/C7H12/c1-6-4-3-5-7(6)2/h4,7H,3,5H2,1-2H3/t7-/m0/s1. The van der Waals surface area contributed by atoms with Crippen molar-refractivity contribution in [1.29, 1.82) is 0 Å². The predicted molar refractivity (Wildman–Crippen MR) is 32.2 cm³/mol. The molecule has 1 atom stereocenters. The molecule has 7 heavy (non-hydrogen) atoms. The number of allylic oxidation sites excluding steroid dienone is 2. The van der Waals surface area contributed by atoms with Gasteiger partial charge in [-0.2, -0.15) is 0 Å². The van der Waals surface area contributed by atoms with Crippen molar-refractivity contribution in [1.82, 2.24) is 0 Å². The first-order valence-corrected chi connectivity index (χ1v) is 2.97. The summed E-state index contributed by atoms with van der Waals surface area (Å²) in [6.45, 7) is 4.51. The largest absolute Gasteiger partial charge is 0.0853 e. The molecule has 0 aliphatic heterocycles. The topological polar surface area (TPSA) is 0 Å². The molecule has 0 fully saturated rings. The molecule has 0 nitrogen and oxygen atoms in total. The average Bonchev–Trinajstić information content (AvgIpc) is 1.91. The quantitative estimate of drug-likeness (QED) is 0.406. The lowest BCUT2D eigenvalue weighted by atomic mass is 10.1. The first-order valence-electron chi connectivity index (χ1n) is 2.97. The molecule has 0 spiro atoms. The Morgan fingerprint density at radius 1 is 1.71 bits per heavy atom. The highest BCUT2D eigenvalue weighted by molar-refractivity contribution is 5.07. The molecule has 0 amide bonds. The van der Waals surface area contributed by atoms with Gasteiger partial charge in [-0.05, 0) is 25.7 Å². The molecule has 0 aromatic heterocycles. The highest BCUT2D eigenvalue weighted by atomic mass is 14.1. The zero-order chi connectivity index (χ0) is 5.28. The highest BCUT2D eigenvalue weighted by Crippen LogP contribution is 2.23.